The van der Waals surface area contributed by atoms with Crippen LogP contribution in [0.5, 0.6) is 5.75 Å². The van der Waals surface area contributed by atoms with Crippen molar-refractivity contribution in [2.75, 3.05) is 20.3 Å². The molecule has 0 spiro atoms. The molecule has 0 aliphatic rings. The van der Waals surface area contributed by atoms with Gasteiger partial charge in [0, 0.05) is 35.9 Å². The average Bonchev–Trinajstić information content (AvgIpc) is 2.56. The monoisotopic (exact) mass is 415 g/mol. The Labute approximate surface area is 155 Å². The van der Waals surface area contributed by atoms with Crippen molar-refractivity contribution in [2.24, 2.45) is 0 Å². The van der Waals surface area contributed by atoms with Gasteiger partial charge in [0.15, 0.2) is 0 Å². The lowest BCUT2D eigenvalue weighted by Gasteiger charge is -2.14. The summed E-state index contributed by atoms with van der Waals surface area (Å²) in [6, 6.07) is 10.4. The topological polar surface area (TPSA) is 30.5 Å². The van der Waals surface area contributed by atoms with Crippen LogP contribution >= 0.6 is 27.5 Å². The zero-order valence-corrected chi connectivity index (χ0v) is 15.8. The molecule has 130 valence electrons. The highest BCUT2D eigenvalue weighted by Gasteiger charge is 2.10. The lowest BCUT2D eigenvalue weighted by Crippen LogP contribution is -2.17. The van der Waals surface area contributed by atoms with Crippen molar-refractivity contribution in [3.05, 3.63) is 62.8 Å². The Morgan fingerprint density at radius 3 is 2.83 bits per heavy atom. The molecule has 0 fully saturated rings. The smallest absolute Gasteiger partial charge is 0.131 e. The van der Waals surface area contributed by atoms with Gasteiger partial charge < -0.3 is 14.8 Å². The zero-order valence-electron chi connectivity index (χ0n) is 13.5. The van der Waals surface area contributed by atoms with Crippen LogP contribution < -0.4 is 10.1 Å². The summed E-state index contributed by atoms with van der Waals surface area (Å²) in [5, 5.41) is 3.71. The van der Waals surface area contributed by atoms with E-state index in [1.165, 1.54) is 6.07 Å². The Kier molecular flexibility index (Phi) is 7.99. The van der Waals surface area contributed by atoms with Crippen molar-refractivity contribution in [3.63, 3.8) is 0 Å². The Balaban J connectivity index is 2.01. The van der Waals surface area contributed by atoms with Gasteiger partial charge >= 0.3 is 0 Å². The molecule has 0 aliphatic carbocycles. The molecule has 0 unspecified atom stereocenters. The molecule has 0 bridgehead atoms. The lowest BCUT2D eigenvalue weighted by molar-refractivity contribution is 0.194. The third-order valence-corrected chi connectivity index (χ3v) is 4.32. The first kappa shape index (κ1) is 19.2. The van der Waals surface area contributed by atoms with Crippen LogP contribution in [0.2, 0.25) is 5.02 Å². The second kappa shape index (κ2) is 9.99. The minimum atomic E-state index is -0.362. The summed E-state index contributed by atoms with van der Waals surface area (Å²) in [6.45, 7) is 2.31. The normalized spacial score (nSPS) is 10.8. The van der Waals surface area contributed by atoms with Crippen LogP contribution in [0.25, 0.3) is 0 Å². The van der Waals surface area contributed by atoms with Crippen LogP contribution in [0.4, 0.5) is 4.39 Å². The van der Waals surface area contributed by atoms with E-state index in [1.807, 2.05) is 18.2 Å². The molecule has 24 heavy (non-hydrogen) atoms. The summed E-state index contributed by atoms with van der Waals surface area (Å²) >= 11 is 9.51. The zero-order chi connectivity index (χ0) is 17.4. The van der Waals surface area contributed by atoms with Crippen molar-refractivity contribution in [3.8, 4) is 5.75 Å². The van der Waals surface area contributed by atoms with Gasteiger partial charge in [-0.1, -0.05) is 33.6 Å². The Bertz CT molecular complexity index is 649. The standard InChI is InChI=1S/C18H20BrClFNO2/c1-23-9-3-8-22-11-13-10-14(19)6-7-18(13)24-12-15-16(20)4-2-5-17(15)21/h2,4-7,10,22H,3,8-9,11-12H2,1H3. The van der Waals surface area contributed by atoms with Crippen LogP contribution in [-0.2, 0) is 17.9 Å². The van der Waals surface area contributed by atoms with Gasteiger partial charge in [-0.05, 0) is 43.3 Å². The first-order valence-electron chi connectivity index (χ1n) is 7.65. The number of halogens is 3. The summed E-state index contributed by atoms with van der Waals surface area (Å²) in [6.07, 6.45) is 0.936. The van der Waals surface area contributed by atoms with E-state index in [0.717, 1.165) is 29.6 Å². The van der Waals surface area contributed by atoms with E-state index in [4.69, 9.17) is 21.1 Å². The number of rotatable bonds is 9. The second-order valence-corrected chi connectivity index (χ2v) is 6.59. The molecular weight excluding hydrogens is 397 g/mol. The highest BCUT2D eigenvalue weighted by atomic mass is 79.9. The maximum Gasteiger partial charge on any atom is 0.131 e. The van der Waals surface area contributed by atoms with Gasteiger partial charge in [-0.3, -0.25) is 0 Å². The highest BCUT2D eigenvalue weighted by molar-refractivity contribution is 9.10. The van der Waals surface area contributed by atoms with Crippen LogP contribution in [0.15, 0.2) is 40.9 Å². The molecule has 0 saturated heterocycles. The molecule has 2 aromatic carbocycles. The third-order valence-electron chi connectivity index (χ3n) is 3.47. The number of benzene rings is 2. The van der Waals surface area contributed by atoms with Gasteiger partial charge in [-0.15, -0.1) is 0 Å². The van der Waals surface area contributed by atoms with Crippen molar-refractivity contribution in [1.82, 2.24) is 5.32 Å². The van der Waals surface area contributed by atoms with Gasteiger partial charge in [0.2, 0.25) is 0 Å². The van der Waals surface area contributed by atoms with Crippen LogP contribution in [0.1, 0.15) is 17.5 Å². The maximum absolute atomic E-state index is 13.8. The van der Waals surface area contributed by atoms with Gasteiger partial charge in [-0.25, -0.2) is 4.39 Å². The summed E-state index contributed by atoms with van der Waals surface area (Å²) in [5.41, 5.74) is 1.36. The number of nitrogens with one attached hydrogen (secondary N) is 1. The van der Waals surface area contributed by atoms with Crippen LogP contribution in [-0.4, -0.2) is 20.3 Å². The average molecular weight is 417 g/mol. The lowest BCUT2D eigenvalue weighted by atomic mass is 10.2. The molecule has 2 rings (SSSR count). The van der Waals surface area contributed by atoms with E-state index in [9.17, 15) is 4.39 Å². The summed E-state index contributed by atoms with van der Waals surface area (Å²) in [4.78, 5) is 0. The van der Waals surface area contributed by atoms with Gasteiger partial charge in [0.25, 0.3) is 0 Å². The summed E-state index contributed by atoms with van der Waals surface area (Å²) in [5.74, 6) is 0.343. The van der Waals surface area contributed by atoms with Crippen molar-refractivity contribution in [2.45, 2.75) is 19.6 Å². The minimum absolute atomic E-state index is 0.0871. The summed E-state index contributed by atoms with van der Waals surface area (Å²) < 4.78 is 25.6. The van der Waals surface area contributed by atoms with Crippen molar-refractivity contribution < 1.29 is 13.9 Å². The Morgan fingerprint density at radius 1 is 1.25 bits per heavy atom. The molecule has 0 amide bonds. The number of hydrogen-bond acceptors (Lipinski definition) is 3. The van der Waals surface area contributed by atoms with E-state index < -0.39 is 0 Å². The number of ether oxygens (including phenoxy) is 2. The predicted molar refractivity (Wildman–Crippen MR) is 98.1 cm³/mol. The first-order valence-corrected chi connectivity index (χ1v) is 8.82. The number of methoxy groups -OCH3 is 1. The minimum Gasteiger partial charge on any atom is -0.488 e. The maximum atomic E-state index is 13.8. The van der Waals surface area contributed by atoms with Crippen molar-refractivity contribution >= 4 is 27.5 Å². The SMILES string of the molecule is COCCCNCc1cc(Br)ccc1OCc1c(F)cccc1Cl. The van der Waals surface area contributed by atoms with Gasteiger partial charge in [0.1, 0.15) is 18.2 Å². The quantitative estimate of drug-likeness (QED) is 0.587. The number of hydrogen-bond donors (Lipinski definition) is 1. The predicted octanol–water partition coefficient (Wildman–Crippen LogP) is 4.95. The van der Waals surface area contributed by atoms with E-state index >= 15 is 0 Å². The van der Waals surface area contributed by atoms with E-state index in [0.29, 0.717) is 22.9 Å². The molecule has 0 saturated carbocycles. The van der Waals surface area contributed by atoms with E-state index in [-0.39, 0.29) is 12.4 Å². The molecule has 0 aromatic heterocycles. The molecule has 3 nitrogen and oxygen atoms in total. The Hall–Kier alpha value is -1.14. The van der Waals surface area contributed by atoms with Crippen molar-refractivity contribution in [1.29, 1.82) is 0 Å². The molecule has 6 heteroatoms. The molecule has 0 aliphatic heterocycles. The fraction of sp³-hybridized carbons (Fsp3) is 0.333. The second-order valence-electron chi connectivity index (χ2n) is 5.26. The van der Waals surface area contributed by atoms with Crippen LogP contribution in [0, 0.1) is 5.82 Å². The van der Waals surface area contributed by atoms with E-state index in [1.54, 1.807) is 19.2 Å². The molecule has 1 N–H and O–H groups in total. The molecule has 0 heterocycles. The Morgan fingerprint density at radius 2 is 2.08 bits per heavy atom. The van der Waals surface area contributed by atoms with Gasteiger partial charge in [0.05, 0.1) is 5.02 Å². The summed E-state index contributed by atoms with van der Waals surface area (Å²) in [7, 11) is 1.69. The largest absolute Gasteiger partial charge is 0.488 e. The van der Waals surface area contributed by atoms with E-state index in [2.05, 4.69) is 21.2 Å². The molecular formula is C18H20BrClFNO2. The first-order chi connectivity index (χ1) is 11.6. The molecule has 0 radical (unpaired) electrons. The fourth-order valence-electron chi connectivity index (χ4n) is 2.21. The third kappa shape index (κ3) is 5.74. The highest BCUT2D eigenvalue weighted by Crippen LogP contribution is 2.26. The molecule has 2 aromatic rings. The van der Waals surface area contributed by atoms with Gasteiger partial charge in [-0.2, -0.15) is 0 Å². The molecule has 0 atom stereocenters. The fourth-order valence-corrected chi connectivity index (χ4v) is 2.84. The van der Waals surface area contributed by atoms with Crippen LogP contribution in [0.3, 0.4) is 0 Å².